The van der Waals surface area contributed by atoms with Gasteiger partial charge in [0.1, 0.15) is 17.1 Å². The van der Waals surface area contributed by atoms with E-state index in [-0.39, 0.29) is 6.09 Å². The second-order valence-corrected chi connectivity index (χ2v) is 13.4. The molecule has 0 saturated carbocycles. The van der Waals surface area contributed by atoms with Gasteiger partial charge in [-0.2, -0.15) is 0 Å². The summed E-state index contributed by atoms with van der Waals surface area (Å²) in [6.07, 6.45) is 12.0. The number of amides is 1. The molecule has 0 aromatic heterocycles. The lowest BCUT2D eigenvalue weighted by Gasteiger charge is -2.40. The molecule has 1 amide bonds. The predicted molar refractivity (Wildman–Crippen MR) is 176 cm³/mol. The van der Waals surface area contributed by atoms with Crippen molar-refractivity contribution in [3.63, 3.8) is 0 Å². The summed E-state index contributed by atoms with van der Waals surface area (Å²) in [5, 5.41) is 0.574. The smallest absolute Gasteiger partial charge is 0.410 e. The number of nitrogens with zero attached hydrogens (tertiary/aromatic N) is 5. The molecule has 0 radical (unpaired) electrons. The Morgan fingerprint density at radius 1 is 0.909 bits per heavy atom. The Morgan fingerprint density at radius 3 is 2.16 bits per heavy atom. The number of carbonyl (C=O) groups excluding carboxylic acids is 1. The fraction of sp³-hybridized carbons (Fsp3) is 0.559. The van der Waals surface area contributed by atoms with Gasteiger partial charge in [-0.1, -0.05) is 24.6 Å². The monoisotopic (exact) mass is 625 g/mol. The number of benzene rings is 1. The van der Waals surface area contributed by atoms with Gasteiger partial charge in [-0.3, -0.25) is 9.80 Å². The fourth-order valence-electron chi connectivity index (χ4n) is 6.11. The van der Waals surface area contributed by atoms with Gasteiger partial charge in [-0.25, -0.2) is 4.79 Å². The molecule has 2 fully saturated rings. The maximum atomic E-state index is 12.4. The van der Waals surface area contributed by atoms with Gasteiger partial charge < -0.3 is 28.9 Å². The lowest BCUT2D eigenvalue weighted by Crippen LogP contribution is -2.52. The molecule has 0 spiro atoms. The van der Waals surface area contributed by atoms with E-state index in [0.717, 1.165) is 83.2 Å². The van der Waals surface area contributed by atoms with Crippen LogP contribution in [0.3, 0.4) is 0 Å². The summed E-state index contributed by atoms with van der Waals surface area (Å²) < 4.78 is 16.7. The van der Waals surface area contributed by atoms with Gasteiger partial charge in [-0.05, 0) is 56.9 Å². The van der Waals surface area contributed by atoms with Crippen molar-refractivity contribution in [3.05, 3.63) is 64.7 Å². The van der Waals surface area contributed by atoms with E-state index in [9.17, 15) is 4.79 Å². The van der Waals surface area contributed by atoms with Crippen LogP contribution in [0.5, 0.6) is 11.5 Å². The van der Waals surface area contributed by atoms with Gasteiger partial charge in [0.15, 0.2) is 0 Å². The van der Waals surface area contributed by atoms with Gasteiger partial charge in [0.2, 0.25) is 0 Å². The van der Waals surface area contributed by atoms with Crippen molar-refractivity contribution in [2.24, 2.45) is 5.92 Å². The number of carbonyl (C=O) groups is 1. The molecule has 44 heavy (non-hydrogen) atoms. The minimum atomic E-state index is -0.452. The Kier molecular flexibility index (Phi) is 10.2. The zero-order chi connectivity index (χ0) is 31.4. The van der Waals surface area contributed by atoms with E-state index in [1.54, 1.807) is 14.2 Å². The Hall–Kier alpha value is -3.14. The molecule has 1 aromatic rings. The number of allylic oxidation sites excluding steroid dienone is 4. The van der Waals surface area contributed by atoms with Crippen molar-refractivity contribution < 1.29 is 19.0 Å². The zero-order valence-corrected chi connectivity index (χ0v) is 27.9. The molecule has 10 heteroatoms. The lowest BCUT2D eigenvalue weighted by molar-refractivity contribution is 0.0135. The molecule has 2 saturated heterocycles. The third-order valence-electron chi connectivity index (χ3n) is 8.77. The summed E-state index contributed by atoms with van der Waals surface area (Å²) in [4.78, 5) is 23.9. The summed E-state index contributed by atoms with van der Waals surface area (Å²) in [7, 11) is 3.30. The zero-order valence-electron chi connectivity index (χ0n) is 27.1. The minimum absolute atomic E-state index is 0.199. The first-order valence-electron chi connectivity index (χ1n) is 15.7. The highest BCUT2D eigenvalue weighted by molar-refractivity contribution is 6.32. The van der Waals surface area contributed by atoms with Gasteiger partial charge in [0, 0.05) is 101 Å². The topological polar surface area (TPSA) is 61.0 Å². The van der Waals surface area contributed by atoms with Crippen molar-refractivity contribution in [1.82, 2.24) is 24.5 Å². The largest absolute Gasteiger partial charge is 0.496 e. The van der Waals surface area contributed by atoms with Crippen LogP contribution in [0.1, 0.15) is 39.7 Å². The van der Waals surface area contributed by atoms with Crippen LogP contribution in [0.4, 0.5) is 4.79 Å². The minimum Gasteiger partial charge on any atom is -0.496 e. The number of methoxy groups -OCH3 is 2. The van der Waals surface area contributed by atoms with Crippen LogP contribution in [0, 0.1) is 5.92 Å². The standard InChI is InChI=1S/C34H48ClN5O4/c1-25-7-8-26-21-27(9-10-40(26)24-29(25)28-22-30(35)32(43-6)23-31(28)42-5)38-17-13-36(14-18-38)11-12-37-15-19-39(20-16-37)33(41)44-34(2,3)4/h8-10,21-25H,7,11-20H2,1-6H3. The van der Waals surface area contributed by atoms with Crippen LogP contribution < -0.4 is 9.47 Å². The van der Waals surface area contributed by atoms with Crippen LogP contribution >= 0.6 is 11.6 Å². The lowest BCUT2D eigenvalue weighted by atomic mass is 9.91. The number of rotatable bonds is 7. The van der Waals surface area contributed by atoms with Crippen molar-refractivity contribution in [3.8, 4) is 11.5 Å². The number of fused-ring (bicyclic) bond motifs is 1. The number of hydrogen-bond acceptors (Lipinski definition) is 8. The first-order chi connectivity index (χ1) is 21.0. The quantitative estimate of drug-likeness (QED) is 0.394. The van der Waals surface area contributed by atoms with Crippen LogP contribution in [0.2, 0.25) is 5.02 Å². The molecule has 1 atom stereocenters. The molecule has 240 valence electrons. The van der Waals surface area contributed by atoms with Crippen molar-refractivity contribution in [2.75, 3.05) is 79.7 Å². The molecular formula is C34H48ClN5O4. The molecule has 0 N–H and O–H groups in total. The Bertz CT molecular complexity index is 1320. The molecule has 9 nitrogen and oxygen atoms in total. The van der Waals surface area contributed by atoms with Gasteiger partial charge in [0.05, 0.1) is 19.2 Å². The van der Waals surface area contributed by atoms with Crippen LogP contribution in [0.15, 0.2) is 54.2 Å². The third kappa shape index (κ3) is 7.73. The molecule has 5 rings (SSSR count). The molecule has 0 aliphatic carbocycles. The maximum absolute atomic E-state index is 12.4. The Balaban J connectivity index is 1.13. The fourth-order valence-corrected chi connectivity index (χ4v) is 6.35. The molecule has 0 bridgehead atoms. The average molecular weight is 626 g/mol. The highest BCUT2D eigenvalue weighted by Gasteiger charge is 2.27. The number of hydrogen-bond donors (Lipinski definition) is 0. The molecule has 4 aliphatic heterocycles. The highest BCUT2D eigenvalue weighted by Crippen LogP contribution is 2.41. The van der Waals surface area contributed by atoms with Crippen LogP contribution in [-0.2, 0) is 4.74 Å². The van der Waals surface area contributed by atoms with E-state index < -0.39 is 5.60 Å². The van der Waals surface area contributed by atoms with Crippen molar-refractivity contribution in [2.45, 2.75) is 39.7 Å². The average Bonchev–Trinajstić information content (AvgIpc) is 3.17. The summed E-state index contributed by atoms with van der Waals surface area (Å²) in [6.45, 7) is 17.4. The normalized spacial score (nSPS) is 21.7. The number of piperazine rings is 2. The SMILES string of the molecule is COc1cc(OC)c(C2=CN3C=CC(N4CCN(CCN5CCN(C(=O)OC(C)(C)C)CC5)CC4)=CC3=CCC2C)cc1Cl. The molecule has 4 aliphatic rings. The Labute approximate surface area is 267 Å². The summed E-state index contributed by atoms with van der Waals surface area (Å²) in [5.41, 5.74) is 4.17. The van der Waals surface area contributed by atoms with E-state index in [0.29, 0.717) is 16.7 Å². The molecule has 1 aromatic carbocycles. The van der Waals surface area contributed by atoms with E-state index in [4.69, 9.17) is 25.8 Å². The molecular weight excluding hydrogens is 578 g/mol. The molecule has 4 heterocycles. The summed E-state index contributed by atoms with van der Waals surface area (Å²) in [6, 6.07) is 3.81. The predicted octanol–water partition coefficient (Wildman–Crippen LogP) is 5.51. The van der Waals surface area contributed by atoms with Gasteiger partial charge in [0.25, 0.3) is 0 Å². The van der Waals surface area contributed by atoms with E-state index >= 15 is 0 Å². The Morgan fingerprint density at radius 2 is 1.55 bits per heavy atom. The first kappa shape index (κ1) is 32.3. The van der Waals surface area contributed by atoms with Crippen LogP contribution in [0.25, 0.3) is 5.57 Å². The summed E-state index contributed by atoms with van der Waals surface area (Å²) in [5.74, 6) is 1.66. The maximum Gasteiger partial charge on any atom is 0.410 e. The first-order valence-corrected chi connectivity index (χ1v) is 16.1. The number of ether oxygens (including phenoxy) is 3. The number of halogens is 1. The van der Waals surface area contributed by atoms with Crippen molar-refractivity contribution >= 4 is 23.3 Å². The highest BCUT2D eigenvalue weighted by atomic mass is 35.5. The molecule has 1 unspecified atom stereocenters. The second kappa shape index (κ2) is 13.9. The third-order valence-corrected chi connectivity index (χ3v) is 9.06. The van der Waals surface area contributed by atoms with Crippen molar-refractivity contribution in [1.29, 1.82) is 0 Å². The van der Waals surface area contributed by atoms with Gasteiger partial charge in [-0.15, -0.1) is 0 Å². The second-order valence-electron chi connectivity index (χ2n) is 13.0. The van der Waals surface area contributed by atoms with E-state index in [2.05, 4.69) is 57.2 Å². The van der Waals surface area contributed by atoms with Gasteiger partial charge >= 0.3 is 6.09 Å². The van der Waals surface area contributed by atoms with E-state index in [1.165, 1.54) is 17.0 Å². The van der Waals surface area contributed by atoms with Crippen LogP contribution in [-0.4, -0.2) is 116 Å². The van der Waals surface area contributed by atoms with E-state index in [1.807, 2.05) is 37.8 Å². The summed E-state index contributed by atoms with van der Waals surface area (Å²) >= 11 is 6.52.